The van der Waals surface area contributed by atoms with E-state index in [0.29, 0.717) is 30.0 Å². The molecule has 13 nitrogen and oxygen atoms in total. The van der Waals surface area contributed by atoms with Gasteiger partial charge in [-0.2, -0.15) is 0 Å². The lowest BCUT2D eigenvalue weighted by molar-refractivity contribution is -0.143. The minimum atomic E-state index is -0.695. The molecular weight excluding hydrogens is 917 g/mol. The second kappa shape index (κ2) is 24.3. The van der Waals surface area contributed by atoms with Gasteiger partial charge in [0.25, 0.3) is 0 Å². The summed E-state index contributed by atoms with van der Waals surface area (Å²) in [6, 6.07) is 16.7. The number of fused-ring (bicyclic) bond motifs is 2. The van der Waals surface area contributed by atoms with Crippen molar-refractivity contribution in [1.29, 1.82) is 0 Å². The number of Topliss-reactive ketones (excluding diaryl/α,β-unsaturated/α-hetero) is 2. The SMILES string of the molecule is CN[C@@H](C)C(=O)N[C@H]1CCS[C@H]2CC(C)(C)[C@@H](C(=O)C[C@H](COCC#CCOC[C@@H](CC(=O)[C@H]3N4C(=O)[C@@H](NC(=S)[C@H](C)NC)CCS[C@H]4CC3(C)C)c3ccccc3)c3ccccc3)N2C1=O. The number of benzene rings is 2. The fraction of sp³-hybridized carbons (Fsp3) is 0.615. The number of ketones is 2. The summed E-state index contributed by atoms with van der Waals surface area (Å²) in [4.78, 5) is 74.5. The van der Waals surface area contributed by atoms with Crippen molar-refractivity contribution >= 4 is 70.0 Å². The van der Waals surface area contributed by atoms with Gasteiger partial charge in [-0.15, -0.1) is 23.5 Å². The van der Waals surface area contributed by atoms with E-state index in [4.69, 9.17) is 21.7 Å². The Labute approximate surface area is 417 Å². The normalized spacial score (nSPS) is 25.9. The average Bonchev–Trinajstić information content (AvgIpc) is 3.64. The molecule has 68 heavy (non-hydrogen) atoms. The summed E-state index contributed by atoms with van der Waals surface area (Å²) in [5, 5.41) is 12.1. The van der Waals surface area contributed by atoms with Crippen molar-refractivity contribution in [3.8, 4) is 11.8 Å². The monoisotopic (exact) mass is 988 g/mol. The number of hydrogen-bond acceptors (Lipinski definition) is 12. The van der Waals surface area contributed by atoms with Gasteiger partial charge in [-0.05, 0) is 87.1 Å². The van der Waals surface area contributed by atoms with Crippen LogP contribution in [0.1, 0.15) is 103 Å². The van der Waals surface area contributed by atoms with Gasteiger partial charge >= 0.3 is 0 Å². The molecule has 0 aliphatic carbocycles. The standard InChI is InChI=1S/C52H72N6O7S3/c1-33(53-7)47(61)55-39-21-25-67-43-29-51(3,4)45(57(43)49(39)62)41(59)27-37(35-17-11-9-12-18-35)31-64-23-15-16-24-65-32-38(36-19-13-10-14-20-36)28-42(60)46-52(5,6)30-44-58(46)50(63)40(22-26-68-44)56-48(66)34(2)54-8/h9-14,17-20,33-34,37-40,43-46,53-54H,21-32H2,1-8H3,(H,55,61)(H,56,66)/t33-,34-,37+,38+,39-,40-,43-,44-,45+,46+/m0/s1. The van der Waals surface area contributed by atoms with E-state index in [2.05, 4.69) is 60.8 Å². The zero-order valence-corrected chi connectivity index (χ0v) is 43.5. The summed E-state index contributed by atoms with van der Waals surface area (Å²) in [6.07, 6.45) is 2.94. The maximum atomic E-state index is 14.5. The molecule has 0 radical (unpaired) electrons. The summed E-state index contributed by atoms with van der Waals surface area (Å²) >= 11 is 9.04. The Kier molecular flexibility index (Phi) is 19.2. The first-order chi connectivity index (χ1) is 32.5. The summed E-state index contributed by atoms with van der Waals surface area (Å²) < 4.78 is 12.3. The van der Waals surface area contributed by atoms with Crippen LogP contribution in [0, 0.1) is 22.7 Å². The maximum absolute atomic E-state index is 14.5. The molecule has 16 heteroatoms. The third kappa shape index (κ3) is 13.1. The second-order valence-electron chi connectivity index (χ2n) is 20.0. The molecule has 4 saturated heterocycles. The van der Waals surface area contributed by atoms with Crippen LogP contribution in [0.25, 0.3) is 0 Å². The van der Waals surface area contributed by atoms with Gasteiger partial charge in [-0.1, -0.05) is 112 Å². The van der Waals surface area contributed by atoms with Gasteiger partial charge in [0.15, 0.2) is 11.6 Å². The molecule has 3 amide bonds. The maximum Gasteiger partial charge on any atom is 0.246 e. The molecule has 0 saturated carbocycles. The van der Waals surface area contributed by atoms with Crippen LogP contribution in [0.15, 0.2) is 60.7 Å². The van der Waals surface area contributed by atoms with Gasteiger partial charge in [0.05, 0.1) is 53.1 Å². The highest BCUT2D eigenvalue weighted by Crippen LogP contribution is 2.49. The summed E-state index contributed by atoms with van der Waals surface area (Å²) in [5.41, 5.74) is 1.07. The van der Waals surface area contributed by atoms with Crippen LogP contribution in [0.2, 0.25) is 0 Å². The molecule has 6 rings (SSSR count). The number of ether oxygens (including phenoxy) is 2. The number of carbonyl (C=O) groups is 5. The van der Waals surface area contributed by atoms with E-state index in [1.165, 1.54) is 0 Å². The second-order valence-corrected chi connectivity index (χ2v) is 23.0. The highest BCUT2D eigenvalue weighted by atomic mass is 32.2. The third-order valence-corrected chi connectivity index (χ3v) is 17.0. The molecule has 0 bridgehead atoms. The predicted molar refractivity (Wildman–Crippen MR) is 275 cm³/mol. The molecule has 4 aliphatic rings. The van der Waals surface area contributed by atoms with E-state index in [1.54, 1.807) is 42.4 Å². The number of likely N-dealkylation sites (N-methyl/N-ethyl adjacent to an activating group) is 2. The van der Waals surface area contributed by atoms with Crippen molar-refractivity contribution in [1.82, 2.24) is 31.1 Å². The molecule has 4 heterocycles. The molecule has 2 aromatic carbocycles. The topological polar surface area (TPSA) is 158 Å². The Hall–Kier alpha value is -3.82. The van der Waals surface area contributed by atoms with Crippen LogP contribution in [-0.4, -0.2) is 143 Å². The zero-order chi connectivity index (χ0) is 49.2. The fourth-order valence-electron chi connectivity index (χ4n) is 10.1. The van der Waals surface area contributed by atoms with Crippen LogP contribution in [0.4, 0.5) is 0 Å². The molecule has 370 valence electrons. The first kappa shape index (κ1) is 53.5. The number of amides is 3. The van der Waals surface area contributed by atoms with Crippen LogP contribution in [-0.2, 0) is 33.4 Å². The Balaban J connectivity index is 1.06. The number of nitrogens with zero attached hydrogens (tertiary/aromatic N) is 2. The third-order valence-electron chi connectivity index (χ3n) is 14.0. The van der Waals surface area contributed by atoms with Crippen molar-refractivity contribution < 1.29 is 33.4 Å². The number of thioether (sulfide) groups is 2. The van der Waals surface area contributed by atoms with Crippen molar-refractivity contribution in [3.63, 3.8) is 0 Å². The van der Waals surface area contributed by atoms with E-state index in [-0.39, 0.29) is 97.2 Å². The molecule has 0 aromatic heterocycles. The smallest absolute Gasteiger partial charge is 0.246 e. The quantitative estimate of drug-likeness (QED) is 0.0732. The fourth-order valence-corrected chi connectivity index (χ4v) is 13.5. The Morgan fingerprint density at radius 3 is 1.51 bits per heavy atom. The van der Waals surface area contributed by atoms with Crippen molar-refractivity contribution in [2.45, 2.75) is 139 Å². The Morgan fingerprint density at radius 2 is 1.10 bits per heavy atom. The van der Waals surface area contributed by atoms with Gasteiger partial charge in [-0.25, -0.2) is 0 Å². The zero-order valence-electron chi connectivity index (χ0n) is 41.0. The van der Waals surface area contributed by atoms with Gasteiger partial charge in [-0.3, -0.25) is 24.0 Å². The lowest BCUT2D eigenvalue weighted by Gasteiger charge is -2.35. The number of hydrogen-bond donors (Lipinski definition) is 4. The molecule has 0 spiro atoms. The molecule has 2 aromatic rings. The van der Waals surface area contributed by atoms with Crippen LogP contribution >= 0.6 is 35.7 Å². The first-order valence-corrected chi connectivity index (χ1v) is 26.6. The summed E-state index contributed by atoms with van der Waals surface area (Å²) in [6.45, 7) is 12.8. The van der Waals surface area contributed by atoms with Crippen LogP contribution < -0.4 is 21.3 Å². The number of thiocarbonyl (C=S) groups is 1. The van der Waals surface area contributed by atoms with Crippen LogP contribution in [0.5, 0.6) is 0 Å². The average molecular weight is 989 g/mol. The lowest BCUT2D eigenvalue weighted by Crippen LogP contribution is -2.56. The van der Waals surface area contributed by atoms with E-state index in [1.807, 2.05) is 79.5 Å². The van der Waals surface area contributed by atoms with Gasteiger partial charge in [0.1, 0.15) is 25.3 Å². The highest BCUT2D eigenvalue weighted by molar-refractivity contribution is 8.00. The minimum absolute atomic E-state index is 0.0161. The number of nitrogens with one attached hydrogen (secondary N) is 4. The van der Waals surface area contributed by atoms with E-state index >= 15 is 0 Å². The van der Waals surface area contributed by atoms with E-state index in [9.17, 15) is 24.0 Å². The number of rotatable bonds is 20. The lowest BCUT2D eigenvalue weighted by atomic mass is 9.79. The van der Waals surface area contributed by atoms with Gasteiger partial charge in [0.2, 0.25) is 17.7 Å². The Bertz CT molecular complexity index is 2000. The summed E-state index contributed by atoms with van der Waals surface area (Å²) in [5.74, 6) is 6.59. The first-order valence-electron chi connectivity index (χ1n) is 24.1. The van der Waals surface area contributed by atoms with Gasteiger partial charge in [0, 0.05) is 24.7 Å². The largest absolute Gasteiger partial charge is 0.368 e. The molecule has 4 N–H and O–H groups in total. The number of carbonyl (C=O) groups excluding carboxylic acids is 5. The van der Waals surface area contributed by atoms with Crippen molar-refractivity contribution in [2.75, 3.05) is 52.0 Å². The van der Waals surface area contributed by atoms with E-state index < -0.39 is 41.0 Å². The highest BCUT2D eigenvalue weighted by Gasteiger charge is 2.55. The molecule has 0 unspecified atom stereocenters. The van der Waals surface area contributed by atoms with Crippen molar-refractivity contribution in [3.05, 3.63) is 71.8 Å². The molecule has 4 aliphatic heterocycles. The van der Waals surface area contributed by atoms with Gasteiger partial charge < -0.3 is 40.5 Å². The van der Waals surface area contributed by atoms with Crippen molar-refractivity contribution in [2.24, 2.45) is 10.8 Å². The molecule has 10 atom stereocenters. The summed E-state index contributed by atoms with van der Waals surface area (Å²) in [7, 11) is 3.54. The van der Waals surface area contributed by atoms with Crippen LogP contribution in [0.3, 0.4) is 0 Å². The Morgan fingerprint density at radius 1 is 0.691 bits per heavy atom. The predicted octanol–water partition coefficient (Wildman–Crippen LogP) is 5.68. The minimum Gasteiger partial charge on any atom is -0.368 e. The molecule has 4 fully saturated rings. The van der Waals surface area contributed by atoms with E-state index in [0.717, 1.165) is 23.3 Å². The molecular formula is C52H72N6O7S3.